The zero-order valence-corrected chi connectivity index (χ0v) is 33.4. The van der Waals surface area contributed by atoms with Crippen LogP contribution in [-0.4, -0.2) is 96.3 Å². The standard InChI is InChI=1S/C28H41ClN2O6.C7H15NO.C2H6.CH4O/c1-6-20-10-7-9-18(2)15-19-16-21(25(29)22(17-19)36-5)31(4)24(32)12-14-27(3)23(37-27)11-8-13-28(20,35)30-26(33)34;1-6(2)8(4)7(3)5-9;2*1-2/h9,16-17,20,23,30,35H,6-8,10-15H2,1-5H3,(H,33,34);5-7H,1-4H3;1-2H3;2H,1H3/b18-9+;;;/t20?,23?,27-,28?;;;/m0.../s1. The Bertz CT molecular complexity index is 1230. The van der Waals surface area contributed by atoms with Gasteiger partial charge in [-0.2, -0.15) is 0 Å². The summed E-state index contributed by atoms with van der Waals surface area (Å²) in [6, 6.07) is 4.31. The normalized spacial score (nSPS) is 25.9. The number of ether oxygens (including phenoxy) is 2. The van der Waals surface area contributed by atoms with Gasteiger partial charge in [-0.05, 0) is 111 Å². The van der Waals surface area contributed by atoms with Crippen LogP contribution in [0.1, 0.15) is 112 Å². The van der Waals surface area contributed by atoms with Crippen molar-refractivity contribution in [1.29, 1.82) is 0 Å². The molecule has 2 bridgehead atoms. The largest absolute Gasteiger partial charge is 0.495 e. The first-order valence-electron chi connectivity index (χ1n) is 17.8. The summed E-state index contributed by atoms with van der Waals surface area (Å²) in [6.07, 6.45) is 6.93. The van der Waals surface area contributed by atoms with Gasteiger partial charge in [-0.25, -0.2) is 4.79 Å². The fourth-order valence-electron chi connectivity index (χ4n) is 6.05. The summed E-state index contributed by atoms with van der Waals surface area (Å²) in [4.78, 5) is 38.4. The van der Waals surface area contributed by atoms with E-state index in [2.05, 4.69) is 25.2 Å². The number of amides is 2. The van der Waals surface area contributed by atoms with Crippen LogP contribution in [0.15, 0.2) is 23.8 Å². The molecule has 12 heteroatoms. The molecule has 2 aliphatic rings. The number of carbonyl (C=O) groups is 3. The molecule has 2 heterocycles. The number of halogens is 1. The minimum absolute atomic E-state index is 0.0283. The molecular weight excluding hydrogens is 662 g/mol. The van der Waals surface area contributed by atoms with Crippen LogP contribution < -0.4 is 15.0 Å². The summed E-state index contributed by atoms with van der Waals surface area (Å²) in [5.41, 5.74) is 0.786. The number of likely N-dealkylation sites (N-methyl/N-ethyl adjacent to an activating group) is 1. The maximum atomic E-state index is 13.1. The van der Waals surface area contributed by atoms with Crippen LogP contribution in [-0.2, 0) is 20.7 Å². The topological polar surface area (TPSA) is 152 Å². The molecule has 0 aliphatic carbocycles. The number of rotatable bonds is 6. The number of anilines is 1. The molecule has 1 saturated heterocycles. The van der Waals surface area contributed by atoms with E-state index in [1.54, 1.807) is 19.1 Å². The van der Waals surface area contributed by atoms with Crippen LogP contribution in [0.5, 0.6) is 5.75 Å². The fraction of sp³-hybridized carbons (Fsp3) is 0.711. The smallest absolute Gasteiger partial charge is 0.406 e. The van der Waals surface area contributed by atoms with E-state index in [0.717, 1.165) is 24.5 Å². The van der Waals surface area contributed by atoms with Gasteiger partial charge < -0.3 is 34.5 Å². The van der Waals surface area contributed by atoms with Crippen molar-refractivity contribution < 1.29 is 39.2 Å². The van der Waals surface area contributed by atoms with E-state index in [1.807, 2.05) is 65.6 Å². The van der Waals surface area contributed by atoms with Crippen molar-refractivity contribution in [2.45, 2.75) is 143 Å². The van der Waals surface area contributed by atoms with E-state index in [1.165, 1.54) is 0 Å². The summed E-state index contributed by atoms with van der Waals surface area (Å²) in [5.74, 6) is 0.225. The highest BCUT2D eigenvalue weighted by Gasteiger charge is 2.51. The SMILES string of the molecule is CC.CC(C)N(C)C(C)C=O.CCC1CC/C=C(\C)Cc2cc(OC)c(Cl)c(c2)N(C)C(=O)CC[C@]2(C)OC2CCCC1(O)NC(=O)O.CO. The summed E-state index contributed by atoms with van der Waals surface area (Å²) in [6.45, 7) is 16.0. The minimum Gasteiger partial charge on any atom is -0.495 e. The number of hydrogen-bond donors (Lipinski definition) is 4. The Hall–Kier alpha value is -2.70. The number of hydrogen-bond acceptors (Lipinski definition) is 8. The monoisotopic (exact) mass is 727 g/mol. The molecule has 4 unspecified atom stereocenters. The Balaban J connectivity index is 0.00000159. The number of benzene rings is 1. The fourth-order valence-corrected chi connectivity index (χ4v) is 6.36. The molecular formula is C38H66ClN3O8. The van der Waals surface area contributed by atoms with Crippen LogP contribution in [0.2, 0.25) is 5.02 Å². The van der Waals surface area contributed by atoms with Crippen molar-refractivity contribution in [1.82, 2.24) is 10.2 Å². The molecule has 0 spiro atoms. The third-order valence-corrected chi connectivity index (χ3v) is 9.95. The van der Waals surface area contributed by atoms with Gasteiger partial charge >= 0.3 is 6.09 Å². The lowest BCUT2D eigenvalue weighted by Gasteiger charge is -2.36. The first kappa shape index (κ1) is 47.3. The maximum Gasteiger partial charge on any atom is 0.406 e. The molecule has 0 radical (unpaired) electrons. The summed E-state index contributed by atoms with van der Waals surface area (Å²) in [7, 11) is 6.24. The van der Waals surface area contributed by atoms with Crippen LogP contribution in [0.25, 0.3) is 0 Å². The number of carbonyl (C=O) groups excluding carboxylic acids is 2. The lowest BCUT2D eigenvalue weighted by Crippen LogP contribution is -2.53. The maximum absolute atomic E-state index is 13.1. The van der Waals surface area contributed by atoms with E-state index < -0.39 is 17.4 Å². The molecule has 288 valence electrons. The molecule has 1 fully saturated rings. The number of aliphatic hydroxyl groups excluding tert-OH is 1. The molecule has 1 aromatic carbocycles. The first-order valence-corrected chi connectivity index (χ1v) is 18.2. The van der Waals surface area contributed by atoms with Gasteiger partial charge in [0.25, 0.3) is 0 Å². The van der Waals surface area contributed by atoms with Crippen LogP contribution in [0.4, 0.5) is 10.5 Å². The van der Waals surface area contributed by atoms with Gasteiger partial charge in [-0.1, -0.05) is 44.0 Å². The summed E-state index contributed by atoms with van der Waals surface area (Å²) in [5, 5.41) is 30.6. The predicted molar refractivity (Wildman–Crippen MR) is 202 cm³/mol. The van der Waals surface area contributed by atoms with Crippen molar-refractivity contribution in [3.05, 3.63) is 34.4 Å². The van der Waals surface area contributed by atoms with Gasteiger partial charge in [0, 0.05) is 32.5 Å². The number of aliphatic hydroxyl groups is 2. The van der Waals surface area contributed by atoms with Gasteiger partial charge in [0.05, 0.1) is 30.5 Å². The number of epoxide rings is 1. The second kappa shape index (κ2) is 23.0. The van der Waals surface area contributed by atoms with E-state index in [-0.39, 0.29) is 24.0 Å². The molecule has 4 N–H and O–H groups in total. The molecule has 2 amide bonds. The summed E-state index contributed by atoms with van der Waals surface area (Å²) >= 11 is 6.60. The zero-order chi connectivity index (χ0) is 38.8. The molecule has 1 aromatic rings. The third kappa shape index (κ3) is 14.5. The predicted octanol–water partition coefficient (Wildman–Crippen LogP) is 7.23. The number of methoxy groups -OCH3 is 1. The molecule has 5 atom stereocenters. The Morgan fingerprint density at radius 1 is 1.22 bits per heavy atom. The molecule has 3 rings (SSSR count). The number of nitrogens with zero attached hydrogens (tertiary/aromatic N) is 2. The molecule has 50 heavy (non-hydrogen) atoms. The van der Waals surface area contributed by atoms with Crippen molar-refractivity contribution >= 4 is 35.6 Å². The van der Waals surface area contributed by atoms with Gasteiger partial charge in [0.2, 0.25) is 5.91 Å². The number of carboxylic acid groups (broad SMARTS) is 1. The number of fused-ring (bicyclic) bond motifs is 3. The molecule has 0 aromatic heterocycles. The molecule has 0 saturated carbocycles. The summed E-state index contributed by atoms with van der Waals surface area (Å²) < 4.78 is 11.4. The van der Waals surface area contributed by atoms with Gasteiger partial charge in [-0.15, -0.1) is 0 Å². The number of aldehydes is 1. The lowest BCUT2D eigenvalue weighted by atomic mass is 9.84. The average Bonchev–Trinajstić information content (AvgIpc) is 3.75. The van der Waals surface area contributed by atoms with Crippen molar-refractivity contribution in [3.63, 3.8) is 0 Å². The average molecular weight is 728 g/mol. The molecule has 11 nitrogen and oxygen atoms in total. The Morgan fingerprint density at radius 2 is 1.84 bits per heavy atom. The Labute approximate surface area is 306 Å². The number of allylic oxidation sites excluding steroid dienone is 2. The van der Waals surface area contributed by atoms with Gasteiger partial charge in [-0.3, -0.25) is 15.0 Å². The number of nitrogens with one attached hydrogen (secondary N) is 1. The van der Waals surface area contributed by atoms with Crippen molar-refractivity contribution in [2.24, 2.45) is 5.92 Å². The van der Waals surface area contributed by atoms with E-state index in [9.17, 15) is 24.6 Å². The zero-order valence-electron chi connectivity index (χ0n) is 32.6. The van der Waals surface area contributed by atoms with Crippen molar-refractivity contribution in [2.75, 3.05) is 33.2 Å². The molecule has 2 aliphatic heterocycles. The van der Waals surface area contributed by atoms with Crippen LogP contribution in [0.3, 0.4) is 0 Å². The highest BCUT2D eigenvalue weighted by atomic mass is 35.5. The van der Waals surface area contributed by atoms with Gasteiger partial charge in [0.1, 0.15) is 22.8 Å². The quantitative estimate of drug-likeness (QED) is 0.103. The second-order valence-electron chi connectivity index (χ2n) is 13.3. The van der Waals surface area contributed by atoms with E-state index in [4.69, 9.17) is 26.2 Å². The lowest BCUT2D eigenvalue weighted by molar-refractivity contribution is -0.118. The van der Waals surface area contributed by atoms with Crippen LogP contribution >= 0.6 is 11.6 Å². The Kier molecular flexibility index (Phi) is 21.7. The highest BCUT2D eigenvalue weighted by molar-refractivity contribution is 6.35. The van der Waals surface area contributed by atoms with Crippen LogP contribution in [0, 0.1) is 5.92 Å². The van der Waals surface area contributed by atoms with E-state index in [0.29, 0.717) is 80.3 Å². The van der Waals surface area contributed by atoms with Gasteiger partial charge in [0.15, 0.2) is 0 Å². The minimum atomic E-state index is -1.51. The van der Waals surface area contributed by atoms with E-state index >= 15 is 0 Å². The second-order valence-corrected chi connectivity index (χ2v) is 13.7. The highest BCUT2D eigenvalue weighted by Crippen LogP contribution is 2.44. The first-order chi connectivity index (χ1) is 23.5. The van der Waals surface area contributed by atoms with Crippen molar-refractivity contribution in [3.8, 4) is 5.75 Å². The third-order valence-electron chi connectivity index (χ3n) is 9.57. The Morgan fingerprint density at radius 3 is 2.34 bits per heavy atom.